The first-order valence-electron chi connectivity index (χ1n) is 4.29. The number of piperidine rings is 1. The van der Waals surface area contributed by atoms with Crippen molar-refractivity contribution in [2.24, 2.45) is 0 Å². The van der Waals surface area contributed by atoms with E-state index in [4.69, 9.17) is 4.74 Å². The average molecular weight is 155 g/mol. The molecule has 11 heavy (non-hydrogen) atoms. The molecule has 0 aromatic rings. The number of rotatable bonds is 3. The molecule has 2 heteroatoms. The number of nitrogens with one attached hydrogen (secondary N) is 1. The van der Waals surface area contributed by atoms with Gasteiger partial charge in [0, 0.05) is 12.6 Å². The summed E-state index contributed by atoms with van der Waals surface area (Å²) in [6.45, 7) is 7.50. The standard InChI is InChI=1S/C9H17NO/c1-3-6-11-9-5-4-8(2)10-7-9/h3,8-10H,1,4-7H2,2H3. The second kappa shape index (κ2) is 4.52. The lowest BCUT2D eigenvalue weighted by Gasteiger charge is -2.27. The van der Waals surface area contributed by atoms with Crippen molar-refractivity contribution in [1.29, 1.82) is 0 Å². The molecule has 2 unspecified atom stereocenters. The van der Waals surface area contributed by atoms with Crippen LogP contribution in [0.5, 0.6) is 0 Å². The van der Waals surface area contributed by atoms with E-state index in [1.54, 1.807) is 6.08 Å². The van der Waals surface area contributed by atoms with Gasteiger partial charge in [-0.15, -0.1) is 6.58 Å². The van der Waals surface area contributed by atoms with Gasteiger partial charge in [-0.1, -0.05) is 6.08 Å². The van der Waals surface area contributed by atoms with Crippen LogP contribution in [0.25, 0.3) is 0 Å². The van der Waals surface area contributed by atoms with E-state index in [2.05, 4.69) is 18.8 Å². The van der Waals surface area contributed by atoms with E-state index >= 15 is 0 Å². The predicted molar refractivity (Wildman–Crippen MR) is 46.6 cm³/mol. The number of ether oxygens (including phenoxy) is 1. The highest BCUT2D eigenvalue weighted by atomic mass is 16.5. The van der Waals surface area contributed by atoms with Gasteiger partial charge in [-0.25, -0.2) is 0 Å². The largest absolute Gasteiger partial charge is 0.373 e. The maximum absolute atomic E-state index is 5.50. The molecule has 1 saturated heterocycles. The van der Waals surface area contributed by atoms with E-state index in [0.717, 1.165) is 6.54 Å². The molecule has 0 aromatic carbocycles. The van der Waals surface area contributed by atoms with Gasteiger partial charge in [0.15, 0.2) is 0 Å². The molecule has 2 atom stereocenters. The summed E-state index contributed by atoms with van der Waals surface area (Å²) in [5.41, 5.74) is 0. The second-order valence-corrected chi connectivity index (χ2v) is 3.13. The summed E-state index contributed by atoms with van der Waals surface area (Å²) in [7, 11) is 0. The molecule has 0 bridgehead atoms. The van der Waals surface area contributed by atoms with E-state index < -0.39 is 0 Å². The highest BCUT2D eigenvalue weighted by Crippen LogP contribution is 2.10. The monoisotopic (exact) mass is 155 g/mol. The van der Waals surface area contributed by atoms with E-state index in [-0.39, 0.29) is 0 Å². The van der Waals surface area contributed by atoms with Crippen LogP contribution < -0.4 is 5.32 Å². The summed E-state index contributed by atoms with van der Waals surface area (Å²) < 4.78 is 5.50. The Hall–Kier alpha value is -0.340. The quantitative estimate of drug-likeness (QED) is 0.621. The van der Waals surface area contributed by atoms with Crippen LogP contribution in [-0.2, 0) is 4.74 Å². The maximum Gasteiger partial charge on any atom is 0.0704 e. The highest BCUT2D eigenvalue weighted by Gasteiger charge is 2.16. The van der Waals surface area contributed by atoms with Crippen LogP contribution in [-0.4, -0.2) is 25.3 Å². The van der Waals surface area contributed by atoms with Gasteiger partial charge in [0.05, 0.1) is 12.7 Å². The van der Waals surface area contributed by atoms with Gasteiger partial charge in [0.25, 0.3) is 0 Å². The lowest BCUT2D eigenvalue weighted by molar-refractivity contribution is 0.0487. The summed E-state index contributed by atoms with van der Waals surface area (Å²) >= 11 is 0. The Bertz CT molecular complexity index is 117. The van der Waals surface area contributed by atoms with Crippen molar-refractivity contribution in [2.75, 3.05) is 13.2 Å². The van der Waals surface area contributed by atoms with Crippen molar-refractivity contribution in [3.8, 4) is 0 Å². The van der Waals surface area contributed by atoms with Crippen LogP contribution in [0.2, 0.25) is 0 Å². The lowest BCUT2D eigenvalue weighted by atomic mass is 10.0. The van der Waals surface area contributed by atoms with Gasteiger partial charge in [0.2, 0.25) is 0 Å². The van der Waals surface area contributed by atoms with Crippen molar-refractivity contribution >= 4 is 0 Å². The summed E-state index contributed by atoms with van der Waals surface area (Å²) in [5, 5.41) is 3.38. The molecule has 0 saturated carbocycles. The molecule has 1 aliphatic heterocycles. The number of hydrogen-bond donors (Lipinski definition) is 1. The van der Waals surface area contributed by atoms with E-state index in [9.17, 15) is 0 Å². The predicted octanol–water partition coefficient (Wildman–Crippen LogP) is 1.33. The van der Waals surface area contributed by atoms with Crippen LogP contribution in [0, 0.1) is 0 Å². The fraction of sp³-hybridized carbons (Fsp3) is 0.778. The Morgan fingerprint density at radius 1 is 1.64 bits per heavy atom. The molecule has 1 N–H and O–H groups in total. The Kier molecular flexibility index (Phi) is 3.60. The van der Waals surface area contributed by atoms with Crippen LogP contribution >= 0.6 is 0 Å². The smallest absolute Gasteiger partial charge is 0.0704 e. The highest BCUT2D eigenvalue weighted by molar-refractivity contribution is 4.76. The fourth-order valence-electron chi connectivity index (χ4n) is 1.32. The minimum atomic E-state index is 0.407. The Balaban J connectivity index is 2.12. The number of hydrogen-bond acceptors (Lipinski definition) is 2. The van der Waals surface area contributed by atoms with Gasteiger partial charge < -0.3 is 10.1 Å². The average Bonchev–Trinajstić information content (AvgIpc) is 2.04. The van der Waals surface area contributed by atoms with Crippen LogP contribution in [0.15, 0.2) is 12.7 Å². The molecular weight excluding hydrogens is 138 g/mol. The summed E-state index contributed by atoms with van der Waals surface area (Å²) in [6, 6.07) is 0.665. The molecular formula is C9H17NO. The van der Waals surface area contributed by atoms with Crippen molar-refractivity contribution in [3.63, 3.8) is 0 Å². The Labute approximate surface area is 68.6 Å². The zero-order valence-corrected chi connectivity index (χ0v) is 7.18. The topological polar surface area (TPSA) is 21.3 Å². The van der Waals surface area contributed by atoms with Crippen LogP contribution in [0.3, 0.4) is 0 Å². The van der Waals surface area contributed by atoms with Gasteiger partial charge in [0.1, 0.15) is 0 Å². The molecule has 1 aliphatic rings. The van der Waals surface area contributed by atoms with Crippen LogP contribution in [0.4, 0.5) is 0 Å². The minimum absolute atomic E-state index is 0.407. The Morgan fingerprint density at radius 3 is 3.00 bits per heavy atom. The Morgan fingerprint density at radius 2 is 2.45 bits per heavy atom. The zero-order valence-electron chi connectivity index (χ0n) is 7.18. The van der Waals surface area contributed by atoms with Gasteiger partial charge in [-0.3, -0.25) is 0 Å². The maximum atomic E-state index is 5.50. The molecule has 1 heterocycles. The van der Waals surface area contributed by atoms with E-state index in [1.165, 1.54) is 12.8 Å². The molecule has 2 nitrogen and oxygen atoms in total. The molecule has 1 rings (SSSR count). The van der Waals surface area contributed by atoms with Crippen molar-refractivity contribution in [3.05, 3.63) is 12.7 Å². The fourth-order valence-corrected chi connectivity index (χ4v) is 1.32. The van der Waals surface area contributed by atoms with Crippen molar-refractivity contribution < 1.29 is 4.74 Å². The molecule has 0 aromatic heterocycles. The SMILES string of the molecule is C=CCOC1CCC(C)NC1. The first kappa shape index (κ1) is 8.75. The summed E-state index contributed by atoms with van der Waals surface area (Å²) in [5.74, 6) is 0. The lowest BCUT2D eigenvalue weighted by Crippen LogP contribution is -2.40. The third-order valence-electron chi connectivity index (χ3n) is 2.07. The van der Waals surface area contributed by atoms with E-state index in [0.29, 0.717) is 18.8 Å². The first-order chi connectivity index (χ1) is 5.33. The molecule has 0 aliphatic carbocycles. The van der Waals surface area contributed by atoms with Gasteiger partial charge in [-0.05, 0) is 19.8 Å². The molecule has 0 spiro atoms. The van der Waals surface area contributed by atoms with E-state index in [1.807, 2.05) is 0 Å². The summed E-state index contributed by atoms with van der Waals surface area (Å²) in [6.07, 6.45) is 4.62. The third-order valence-corrected chi connectivity index (χ3v) is 2.07. The molecule has 0 amide bonds. The minimum Gasteiger partial charge on any atom is -0.373 e. The molecule has 64 valence electrons. The van der Waals surface area contributed by atoms with Gasteiger partial charge in [-0.2, -0.15) is 0 Å². The normalized spacial score (nSPS) is 31.7. The van der Waals surface area contributed by atoms with Crippen LogP contribution in [0.1, 0.15) is 19.8 Å². The zero-order chi connectivity index (χ0) is 8.10. The third kappa shape index (κ3) is 3.04. The van der Waals surface area contributed by atoms with Crippen molar-refractivity contribution in [2.45, 2.75) is 31.9 Å². The first-order valence-corrected chi connectivity index (χ1v) is 4.29. The summed E-state index contributed by atoms with van der Waals surface area (Å²) in [4.78, 5) is 0. The van der Waals surface area contributed by atoms with Gasteiger partial charge >= 0.3 is 0 Å². The molecule has 0 radical (unpaired) electrons. The molecule has 1 fully saturated rings. The second-order valence-electron chi connectivity index (χ2n) is 3.13. The van der Waals surface area contributed by atoms with Crippen molar-refractivity contribution in [1.82, 2.24) is 5.32 Å².